The summed E-state index contributed by atoms with van der Waals surface area (Å²) in [6.45, 7) is 2.11. The molecule has 0 unspecified atom stereocenters. The van der Waals surface area contributed by atoms with E-state index < -0.39 is 6.10 Å². The molecule has 0 amide bonds. The SMILES string of the molecule is Cc1nc2ccccc2nc1NC[C@@H](O)c1c(Cl)cccc1Cl. The van der Waals surface area contributed by atoms with Crippen molar-refractivity contribution >= 4 is 40.1 Å². The van der Waals surface area contributed by atoms with Crippen molar-refractivity contribution < 1.29 is 5.11 Å². The predicted molar refractivity (Wildman–Crippen MR) is 94.2 cm³/mol. The van der Waals surface area contributed by atoms with Gasteiger partial charge in [0.1, 0.15) is 5.82 Å². The quantitative estimate of drug-likeness (QED) is 0.734. The zero-order valence-corrected chi connectivity index (χ0v) is 13.9. The largest absolute Gasteiger partial charge is 0.386 e. The maximum absolute atomic E-state index is 10.4. The molecular weight excluding hydrogens is 333 g/mol. The molecule has 0 bridgehead atoms. The number of halogens is 2. The van der Waals surface area contributed by atoms with E-state index in [0.717, 1.165) is 16.7 Å². The molecule has 0 aliphatic carbocycles. The monoisotopic (exact) mass is 347 g/mol. The molecular formula is C17H15Cl2N3O. The Hall–Kier alpha value is -1.88. The van der Waals surface area contributed by atoms with Gasteiger partial charge in [-0.2, -0.15) is 0 Å². The molecule has 0 aliphatic heterocycles. The minimum atomic E-state index is -0.844. The normalized spacial score (nSPS) is 12.3. The molecule has 4 nitrogen and oxygen atoms in total. The summed E-state index contributed by atoms with van der Waals surface area (Å²) in [6.07, 6.45) is -0.844. The number of para-hydroxylation sites is 2. The van der Waals surface area contributed by atoms with Gasteiger partial charge in [0.25, 0.3) is 0 Å². The number of nitrogens with one attached hydrogen (secondary N) is 1. The smallest absolute Gasteiger partial charge is 0.148 e. The maximum atomic E-state index is 10.4. The molecule has 3 rings (SSSR count). The second-order valence-corrected chi connectivity index (χ2v) is 5.99. The zero-order chi connectivity index (χ0) is 16.4. The number of nitrogens with zero attached hydrogens (tertiary/aromatic N) is 2. The lowest BCUT2D eigenvalue weighted by molar-refractivity contribution is 0.191. The van der Waals surface area contributed by atoms with E-state index in [0.29, 0.717) is 21.4 Å². The van der Waals surface area contributed by atoms with Crippen molar-refractivity contribution in [3.05, 3.63) is 63.8 Å². The number of fused-ring (bicyclic) bond motifs is 1. The van der Waals surface area contributed by atoms with Crippen molar-refractivity contribution in [2.24, 2.45) is 0 Å². The van der Waals surface area contributed by atoms with Gasteiger partial charge in [-0.3, -0.25) is 0 Å². The van der Waals surface area contributed by atoms with Crippen molar-refractivity contribution in [3.63, 3.8) is 0 Å². The molecule has 1 aromatic heterocycles. The van der Waals surface area contributed by atoms with Gasteiger partial charge in [-0.05, 0) is 31.2 Å². The van der Waals surface area contributed by atoms with Crippen molar-refractivity contribution in [2.75, 3.05) is 11.9 Å². The van der Waals surface area contributed by atoms with Gasteiger partial charge in [0.15, 0.2) is 0 Å². The van der Waals surface area contributed by atoms with Gasteiger partial charge in [0, 0.05) is 22.2 Å². The van der Waals surface area contributed by atoms with Crippen LogP contribution in [0.5, 0.6) is 0 Å². The summed E-state index contributed by atoms with van der Waals surface area (Å²) in [6, 6.07) is 12.8. The second-order valence-electron chi connectivity index (χ2n) is 5.18. The summed E-state index contributed by atoms with van der Waals surface area (Å²) in [5, 5.41) is 14.4. The minimum Gasteiger partial charge on any atom is -0.386 e. The summed E-state index contributed by atoms with van der Waals surface area (Å²) in [7, 11) is 0. The fraction of sp³-hybridized carbons (Fsp3) is 0.176. The lowest BCUT2D eigenvalue weighted by Crippen LogP contribution is -2.15. The Morgan fingerprint density at radius 3 is 2.26 bits per heavy atom. The van der Waals surface area contributed by atoms with E-state index in [1.54, 1.807) is 18.2 Å². The third-order valence-corrected chi connectivity index (χ3v) is 4.20. The topological polar surface area (TPSA) is 58.0 Å². The fourth-order valence-electron chi connectivity index (χ4n) is 2.38. The number of hydrogen-bond donors (Lipinski definition) is 2. The van der Waals surface area contributed by atoms with Crippen LogP contribution >= 0.6 is 23.2 Å². The second kappa shape index (κ2) is 6.71. The Morgan fingerprint density at radius 2 is 1.61 bits per heavy atom. The number of aromatic nitrogens is 2. The number of anilines is 1. The third kappa shape index (κ3) is 3.39. The molecule has 3 aromatic rings. The number of aliphatic hydroxyl groups excluding tert-OH is 1. The Kier molecular flexibility index (Phi) is 4.66. The van der Waals surface area contributed by atoms with E-state index >= 15 is 0 Å². The molecule has 2 aromatic carbocycles. The van der Waals surface area contributed by atoms with E-state index in [1.165, 1.54) is 0 Å². The van der Waals surface area contributed by atoms with Crippen LogP contribution in [0.3, 0.4) is 0 Å². The average Bonchev–Trinajstić information content (AvgIpc) is 2.52. The predicted octanol–water partition coefficient (Wildman–Crippen LogP) is 4.39. The molecule has 23 heavy (non-hydrogen) atoms. The summed E-state index contributed by atoms with van der Waals surface area (Å²) < 4.78 is 0. The molecule has 118 valence electrons. The molecule has 1 atom stereocenters. The summed E-state index contributed by atoms with van der Waals surface area (Å²) in [5.41, 5.74) is 2.91. The molecule has 1 heterocycles. The van der Waals surface area contributed by atoms with Crippen LogP contribution in [0.1, 0.15) is 17.4 Å². The van der Waals surface area contributed by atoms with Gasteiger partial charge in [-0.1, -0.05) is 41.4 Å². The van der Waals surface area contributed by atoms with Crippen LogP contribution in [-0.2, 0) is 0 Å². The van der Waals surface area contributed by atoms with Crippen molar-refractivity contribution in [1.29, 1.82) is 0 Å². The van der Waals surface area contributed by atoms with E-state index in [-0.39, 0.29) is 6.54 Å². The first kappa shape index (κ1) is 16.0. The lowest BCUT2D eigenvalue weighted by Gasteiger charge is -2.16. The third-order valence-electron chi connectivity index (χ3n) is 3.54. The van der Waals surface area contributed by atoms with Gasteiger partial charge in [-0.15, -0.1) is 0 Å². The summed E-state index contributed by atoms with van der Waals surface area (Å²) in [4.78, 5) is 9.04. The van der Waals surface area contributed by atoms with E-state index in [9.17, 15) is 5.11 Å². The van der Waals surface area contributed by atoms with E-state index in [1.807, 2.05) is 31.2 Å². The minimum absolute atomic E-state index is 0.233. The highest BCUT2D eigenvalue weighted by Gasteiger charge is 2.16. The van der Waals surface area contributed by atoms with Gasteiger partial charge in [-0.25, -0.2) is 9.97 Å². The molecule has 0 saturated carbocycles. The molecule has 0 spiro atoms. The summed E-state index contributed by atoms with van der Waals surface area (Å²) >= 11 is 12.2. The number of aliphatic hydroxyl groups is 1. The van der Waals surface area contributed by atoms with Gasteiger partial charge >= 0.3 is 0 Å². The Balaban J connectivity index is 1.81. The van der Waals surface area contributed by atoms with Crippen molar-refractivity contribution in [3.8, 4) is 0 Å². The van der Waals surface area contributed by atoms with Crippen molar-refractivity contribution in [2.45, 2.75) is 13.0 Å². The Morgan fingerprint density at radius 1 is 1.00 bits per heavy atom. The molecule has 0 fully saturated rings. The highest BCUT2D eigenvalue weighted by molar-refractivity contribution is 6.36. The van der Waals surface area contributed by atoms with Crippen LogP contribution in [-0.4, -0.2) is 21.6 Å². The Bertz CT molecular complexity index is 834. The average molecular weight is 348 g/mol. The van der Waals surface area contributed by atoms with E-state index in [2.05, 4.69) is 15.3 Å². The lowest BCUT2D eigenvalue weighted by atomic mass is 10.1. The van der Waals surface area contributed by atoms with Gasteiger partial charge in [0.05, 0.1) is 22.8 Å². The standard InChI is InChI=1S/C17H15Cl2N3O/c1-10-17(22-14-8-3-2-7-13(14)21-10)20-9-15(23)16-11(18)5-4-6-12(16)19/h2-8,15,23H,9H2,1H3,(H,20,22)/t15-/m1/s1. The van der Waals surface area contributed by atoms with Crippen LogP contribution in [0, 0.1) is 6.92 Å². The molecule has 0 radical (unpaired) electrons. The highest BCUT2D eigenvalue weighted by Crippen LogP contribution is 2.30. The van der Waals surface area contributed by atoms with Gasteiger partial charge < -0.3 is 10.4 Å². The van der Waals surface area contributed by atoms with Gasteiger partial charge in [0.2, 0.25) is 0 Å². The van der Waals surface area contributed by atoms with Crippen LogP contribution in [0.4, 0.5) is 5.82 Å². The number of benzene rings is 2. The first-order valence-electron chi connectivity index (χ1n) is 7.15. The number of aryl methyl sites for hydroxylation is 1. The number of hydrogen-bond acceptors (Lipinski definition) is 4. The Labute approximate surface area is 144 Å². The van der Waals surface area contributed by atoms with Crippen LogP contribution < -0.4 is 5.32 Å². The maximum Gasteiger partial charge on any atom is 0.148 e. The van der Waals surface area contributed by atoms with E-state index in [4.69, 9.17) is 23.2 Å². The highest BCUT2D eigenvalue weighted by atomic mass is 35.5. The zero-order valence-electron chi connectivity index (χ0n) is 12.4. The van der Waals surface area contributed by atoms with Crippen LogP contribution in [0.25, 0.3) is 11.0 Å². The summed E-state index contributed by atoms with van der Waals surface area (Å²) in [5.74, 6) is 0.630. The van der Waals surface area contributed by atoms with Crippen LogP contribution in [0.2, 0.25) is 10.0 Å². The fourth-order valence-corrected chi connectivity index (χ4v) is 3.03. The van der Waals surface area contributed by atoms with Crippen LogP contribution in [0.15, 0.2) is 42.5 Å². The molecule has 2 N–H and O–H groups in total. The first-order valence-corrected chi connectivity index (χ1v) is 7.91. The molecule has 0 aliphatic rings. The molecule has 6 heteroatoms. The number of rotatable bonds is 4. The first-order chi connectivity index (χ1) is 11.1. The van der Waals surface area contributed by atoms with Crippen molar-refractivity contribution in [1.82, 2.24) is 9.97 Å². The molecule has 0 saturated heterocycles.